The zero-order valence-corrected chi connectivity index (χ0v) is 23.5. The molecule has 1 aromatic rings. The molecular formula is C33H46O4. The number of benzene rings is 1. The molecule has 4 nitrogen and oxygen atoms in total. The fraction of sp³-hybridized carbons (Fsp3) is 0.697. The molecule has 1 heterocycles. The normalized spacial score (nSPS) is 42.2. The molecule has 1 saturated heterocycles. The third kappa shape index (κ3) is 3.92. The van der Waals surface area contributed by atoms with Gasteiger partial charge in [-0.2, -0.15) is 0 Å². The number of rotatable bonds is 2. The number of hydrogen-bond donors (Lipinski definition) is 2. The van der Waals surface area contributed by atoms with Gasteiger partial charge < -0.3 is 19.7 Å². The molecule has 3 saturated carbocycles. The molecule has 0 radical (unpaired) electrons. The van der Waals surface area contributed by atoms with E-state index in [1.807, 2.05) is 0 Å². The third-order valence-corrected chi connectivity index (χ3v) is 11.2. The Morgan fingerprint density at radius 1 is 1.00 bits per heavy atom. The van der Waals surface area contributed by atoms with Crippen LogP contribution in [-0.2, 0) is 9.47 Å². The predicted molar refractivity (Wildman–Crippen MR) is 147 cm³/mol. The summed E-state index contributed by atoms with van der Waals surface area (Å²) in [5, 5.41) is 23.9. The number of hydrogen-bond acceptors (Lipinski definition) is 4. The van der Waals surface area contributed by atoms with Crippen molar-refractivity contribution in [3.05, 3.63) is 53.1 Å². The first kappa shape index (κ1) is 25.8. The third-order valence-electron chi connectivity index (χ3n) is 11.2. The number of allylic oxidation sites excluding steroid dienone is 2. The first-order valence-corrected chi connectivity index (χ1v) is 14.5. The lowest BCUT2D eigenvalue weighted by atomic mass is 9.50. The van der Waals surface area contributed by atoms with E-state index in [2.05, 4.69) is 65.5 Å². The van der Waals surface area contributed by atoms with E-state index in [1.54, 1.807) is 0 Å². The Balaban J connectivity index is 1.45. The van der Waals surface area contributed by atoms with Crippen LogP contribution >= 0.6 is 0 Å². The molecule has 4 fully saturated rings. The highest BCUT2D eigenvalue weighted by atomic mass is 16.7. The van der Waals surface area contributed by atoms with E-state index in [0.717, 1.165) is 50.5 Å². The Morgan fingerprint density at radius 3 is 2.43 bits per heavy atom. The summed E-state index contributed by atoms with van der Waals surface area (Å²) < 4.78 is 12.8. The minimum absolute atomic E-state index is 0.0108. The van der Waals surface area contributed by atoms with Crippen molar-refractivity contribution >= 4 is 5.57 Å². The summed E-state index contributed by atoms with van der Waals surface area (Å²) in [5.41, 5.74) is 4.58. The van der Waals surface area contributed by atoms with Gasteiger partial charge in [0.1, 0.15) is 0 Å². The second-order valence-electron chi connectivity index (χ2n) is 14.4. The van der Waals surface area contributed by atoms with Gasteiger partial charge in [-0.25, -0.2) is 0 Å². The SMILES string of the molecule is C=C(C)c1cccc([C@H]2CC3(C)C(CC[C@]3(C)O)C3CCC4(O)CC5(CCC4=C32)OCC(C)(C)CO5)c1. The van der Waals surface area contributed by atoms with Gasteiger partial charge in [0, 0.05) is 29.6 Å². The number of aliphatic hydroxyl groups is 2. The molecule has 1 spiro atoms. The Bertz CT molecular complexity index is 1130. The average Bonchev–Trinajstić information content (AvgIpc) is 3.08. The molecule has 0 bridgehead atoms. The average molecular weight is 507 g/mol. The molecule has 4 unspecified atom stereocenters. The van der Waals surface area contributed by atoms with Gasteiger partial charge in [-0.1, -0.05) is 62.8 Å². The lowest BCUT2D eigenvalue weighted by Gasteiger charge is -2.58. The van der Waals surface area contributed by atoms with Gasteiger partial charge in [0.2, 0.25) is 0 Å². The van der Waals surface area contributed by atoms with Gasteiger partial charge in [0.15, 0.2) is 5.79 Å². The maximum Gasteiger partial charge on any atom is 0.171 e. The second kappa shape index (κ2) is 8.27. The van der Waals surface area contributed by atoms with Crippen LogP contribution in [0, 0.1) is 22.7 Å². The van der Waals surface area contributed by atoms with Crippen LogP contribution in [-0.4, -0.2) is 40.4 Å². The fourth-order valence-electron chi connectivity index (χ4n) is 8.79. The highest BCUT2D eigenvalue weighted by Gasteiger charge is 2.63. The van der Waals surface area contributed by atoms with E-state index in [1.165, 1.54) is 22.3 Å². The van der Waals surface area contributed by atoms with Crippen LogP contribution in [0.1, 0.15) is 103 Å². The van der Waals surface area contributed by atoms with Crippen molar-refractivity contribution in [2.24, 2.45) is 22.7 Å². The van der Waals surface area contributed by atoms with E-state index in [4.69, 9.17) is 9.47 Å². The Labute approximate surface area is 223 Å². The second-order valence-corrected chi connectivity index (χ2v) is 14.4. The van der Waals surface area contributed by atoms with Gasteiger partial charge in [0.25, 0.3) is 0 Å². The summed E-state index contributed by atoms with van der Waals surface area (Å²) in [4.78, 5) is 0. The van der Waals surface area contributed by atoms with E-state index in [9.17, 15) is 10.2 Å². The molecule has 0 amide bonds. The molecule has 5 aliphatic rings. The Morgan fingerprint density at radius 2 is 1.73 bits per heavy atom. The molecular weight excluding hydrogens is 460 g/mol. The highest BCUT2D eigenvalue weighted by Crippen LogP contribution is 2.67. The maximum atomic E-state index is 12.3. The highest BCUT2D eigenvalue weighted by molar-refractivity contribution is 5.62. The van der Waals surface area contributed by atoms with Crippen molar-refractivity contribution in [2.45, 2.75) is 109 Å². The first-order chi connectivity index (χ1) is 17.3. The van der Waals surface area contributed by atoms with Crippen LogP contribution in [0.25, 0.3) is 5.57 Å². The summed E-state index contributed by atoms with van der Waals surface area (Å²) in [6.45, 7) is 16.4. The molecule has 37 heavy (non-hydrogen) atoms. The van der Waals surface area contributed by atoms with Crippen molar-refractivity contribution in [3.8, 4) is 0 Å². The molecule has 2 N–H and O–H groups in total. The predicted octanol–water partition coefficient (Wildman–Crippen LogP) is 6.77. The number of fused-ring (bicyclic) bond motifs is 4. The van der Waals surface area contributed by atoms with Crippen molar-refractivity contribution in [1.82, 2.24) is 0 Å². The van der Waals surface area contributed by atoms with Gasteiger partial charge >= 0.3 is 0 Å². The van der Waals surface area contributed by atoms with Crippen LogP contribution in [0.5, 0.6) is 0 Å². The minimum Gasteiger partial charge on any atom is -0.390 e. The fourth-order valence-corrected chi connectivity index (χ4v) is 8.79. The monoisotopic (exact) mass is 506 g/mol. The van der Waals surface area contributed by atoms with Crippen LogP contribution in [0.4, 0.5) is 0 Å². The molecule has 4 heteroatoms. The largest absolute Gasteiger partial charge is 0.390 e. The van der Waals surface area contributed by atoms with Crippen molar-refractivity contribution in [2.75, 3.05) is 13.2 Å². The maximum absolute atomic E-state index is 12.3. The first-order valence-electron chi connectivity index (χ1n) is 14.5. The summed E-state index contributed by atoms with van der Waals surface area (Å²) in [6.07, 6.45) is 6.70. The smallest absolute Gasteiger partial charge is 0.171 e. The standard InChI is InChI=1S/C33H46O4/c1-21(2)22-8-7-9-23(16-22)25-17-30(5)26(11-13-31(30,6)34)24-10-14-32(35)18-33(15-12-27(32)28(24)25)36-19-29(3,4)20-37-33/h7-9,16,24-26,34-35H,1,10-15,17-20H2,2-6H3/t24?,25-,26?,30?,31+,32?/m1/s1. The van der Waals surface area contributed by atoms with Crippen molar-refractivity contribution < 1.29 is 19.7 Å². The van der Waals surface area contributed by atoms with Gasteiger partial charge in [-0.05, 0) is 80.9 Å². The summed E-state index contributed by atoms with van der Waals surface area (Å²) in [5.74, 6) is 0.381. The summed E-state index contributed by atoms with van der Waals surface area (Å²) in [7, 11) is 0. The van der Waals surface area contributed by atoms with E-state index in [0.29, 0.717) is 31.5 Å². The van der Waals surface area contributed by atoms with Crippen LogP contribution in [0.3, 0.4) is 0 Å². The number of ether oxygens (including phenoxy) is 2. The topological polar surface area (TPSA) is 58.9 Å². The molecule has 6 rings (SSSR count). The van der Waals surface area contributed by atoms with E-state index in [-0.39, 0.29) is 16.7 Å². The lowest BCUT2D eigenvalue weighted by Crippen LogP contribution is -2.58. The van der Waals surface area contributed by atoms with Gasteiger partial charge in [0.05, 0.1) is 24.4 Å². The summed E-state index contributed by atoms with van der Waals surface area (Å²) >= 11 is 0. The molecule has 202 valence electrons. The molecule has 1 aliphatic heterocycles. The van der Waals surface area contributed by atoms with Crippen molar-refractivity contribution in [1.29, 1.82) is 0 Å². The molecule has 6 atom stereocenters. The lowest BCUT2D eigenvalue weighted by molar-refractivity contribution is -0.322. The minimum atomic E-state index is -0.884. The quantitative estimate of drug-likeness (QED) is 0.435. The van der Waals surface area contributed by atoms with E-state index >= 15 is 0 Å². The zero-order chi connectivity index (χ0) is 26.4. The van der Waals surface area contributed by atoms with Gasteiger partial charge in [-0.15, -0.1) is 0 Å². The molecule has 4 aliphatic carbocycles. The molecule has 0 aromatic heterocycles. The van der Waals surface area contributed by atoms with Crippen LogP contribution in [0.2, 0.25) is 0 Å². The zero-order valence-electron chi connectivity index (χ0n) is 23.5. The Hall–Kier alpha value is -1.46. The van der Waals surface area contributed by atoms with Crippen molar-refractivity contribution in [3.63, 3.8) is 0 Å². The molecule has 1 aromatic carbocycles. The van der Waals surface area contributed by atoms with E-state index < -0.39 is 17.0 Å². The summed E-state index contributed by atoms with van der Waals surface area (Å²) in [6, 6.07) is 8.85. The Kier molecular flexibility index (Phi) is 5.77. The van der Waals surface area contributed by atoms with Crippen LogP contribution in [0.15, 0.2) is 42.0 Å². The van der Waals surface area contributed by atoms with Crippen LogP contribution < -0.4 is 0 Å². The van der Waals surface area contributed by atoms with Gasteiger partial charge in [-0.3, -0.25) is 0 Å².